The largest absolute Gasteiger partial charge is 0.343 e. The van der Waals surface area contributed by atoms with E-state index in [1.165, 1.54) is 0 Å². The van der Waals surface area contributed by atoms with Gasteiger partial charge < -0.3 is 14.9 Å². The summed E-state index contributed by atoms with van der Waals surface area (Å²) in [5.41, 5.74) is -0.514. The van der Waals surface area contributed by atoms with Crippen LogP contribution in [0.4, 0.5) is 0 Å². The molecule has 0 aliphatic heterocycles. The molecular formula is C7H16O3. The fourth-order valence-electron chi connectivity index (χ4n) is 0.563. The quantitative estimate of drug-likeness (QED) is 0.571. The minimum Gasteiger partial charge on any atom is -0.343 e. The first-order valence-corrected chi connectivity index (χ1v) is 3.42. The predicted octanol–water partition coefficient (Wildman–Crippen LogP) is 0.850. The van der Waals surface area contributed by atoms with Crippen LogP contribution in [0.1, 0.15) is 34.1 Å². The molecular weight excluding hydrogens is 132 g/mol. The van der Waals surface area contributed by atoms with E-state index in [1.54, 1.807) is 27.7 Å². The first kappa shape index (κ1) is 9.88. The fraction of sp³-hybridized carbons (Fsp3) is 1.00. The Kier molecular flexibility index (Phi) is 2.83. The van der Waals surface area contributed by atoms with E-state index in [0.717, 1.165) is 0 Å². The van der Waals surface area contributed by atoms with Gasteiger partial charge in [0, 0.05) is 6.42 Å². The molecule has 0 saturated carbocycles. The van der Waals surface area contributed by atoms with Gasteiger partial charge in [0.2, 0.25) is 0 Å². The lowest BCUT2D eigenvalue weighted by molar-refractivity contribution is -0.369. The molecule has 62 valence electrons. The zero-order chi connectivity index (χ0) is 8.41. The van der Waals surface area contributed by atoms with E-state index < -0.39 is 11.6 Å². The summed E-state index contributed by atoms with van der Waals surface area (Å²) in [7, 11) is 0. The molecule has 0 saturated heterocycles. The molecule has 0 aliphatic carbocycles. The van der Waals surface area contributed by atoms with Gasteiger partial charge in [0.25, 0.3) is 5.97 Å². The van der Waals surface area contributed by atoms with Gasteiger partial charge in [-0.3, -0.25) is 0 Å². The summed E-state index contributed by atoms with van der Waals surface area (Å²) in [4.78, 5) is 0. The maximum atomic E-state index is 8.99. The smallest absolute Gasteiger partial charge is 0.278 e. The summed E-state index contributed by atoms with van der Waals surface area (Å²) in [6, 6.07) is 0. The zero-order valence-electron chi connectivity index (χ0n) is 7.01. The molecule has 0 fully saturated rings. The normalized spacial score (nSPS) is 13.8. The van der Waals surface area contributed by atoms with Crippen molar-refractivity contribution < 1.29 is 14.9 Å². The van der Waals surface area contributed by atoms with Crippen LogP contribution < -0.4 is 0 Å². The van der Waals surface area contributed by atoms with E-state index in [0.29, 0.717) is 0 Å². The van der Waals surface area contributed by atoms with Crippen LogP contribution in [0.5, 0.6) is 0 Å². The fourth-order valence-corrected chi connectivity index (χ4v) is 0.563. The second kappa shape index (κ2) is 2.86. The van der Waals surface area contributed by atoms with Gasteiger partial charge in [-0.2, -0.15) is 0 Å². The Balaban J connectivity index is 3.89. The van der Waals surface area contributed by atoms with Gasteiger partial charge in [0.05, 0.1) is 5.60 Å². The summed E-state index contributed by atoms with van der Waals surface area (Å²) >= 11 is 0. The lowest BCUT2D eigenvalue weighted by atomic mass is 10.2. The summed E-state index contributed by atoms with van der Waals surface area (Å²) in [6.45, 7) is 6.95. The van der Waals surface area contributed by atoms with Crippen LogP contribution in [0, 0.1) is 0 Å². The Morgan fingerprint density at radius 3 is 1.70 bits per heavy atom. The third-order valence-electron chi connectivity index (χ3n) is 0.930. The Bertz CT molecular complexity index is 102. The van der Waals surface area contributed by atoms with Crippen molar-refractivity contribution in [2.24, 2.45) is 0 Å². The molecule has 3 heteroatoms. The Hall–Kier alpha value is -0.120. The van der Waals surface area contributed by atoms with Gasteiger partial charge in [-0.05, 0) is 20.8 Å². The topological polar surface area (TPSA) is 49.7 Å². The van der Waals surface area contributed by atoms with Gasteiger partial charge in [-0.25, -0.2) is 0 Å². The van der Waals surface area contributed by atoms with Crippen LogP contribution in [0.15, 0.2) is 0 Å². The summed E-state index contributed by atoms with van der Waals surface area (Å²) < 4.78 is 4.89. The van der Waals surface area contributed by atoms with Crippen molar-refractivity contribution in [1.29, 1.82) is 0 Å². The van der Waals surface area contributed by atoms with Crippen molar-refractivity contribution >= 4 is 0 Å². The van der Waals surface area contributed by atoms with Crippen LogP contribution in [-0.2, 0) is 4.74 Å². The molecule has 0 aromatic rings. The van der Waals surface area contributed by atoms with Crippen LogP contribution >= 0.6 is 0 Å². The molecule has 0 radical (unpaired) electrons. The third-order valence-corrected chi connectivity index (χ3v) is 0.930. The summed E-state index contributed by atoms with van der Waals surface area (Å²) in [6.07, 6.45) is 0.171. The number of rotatable bonds is 2. The van der Waals surface area contributed by atoms with Crippen molar-refractivity contribution in [2.75, 3.05) is 0 Å². The molecule has 0 unspecified atom stereocenters. The maximum Gasteiger partial charge on any atom is 0.278 e. The molecule has 0 bridgehead atoms. The third kappa shape index (κ3) is 4.73. The highest BCUT2D eigenvalue weighted by molar-refractivity contribution is 4.62. The van der Waals surface area contributed by atoms with Crippen molar-refractivity contribution in [3.8, 4) is 0 Å². The molecule has 0 aromatic heterocycles. The van der Waals surface area contributed by atoms with Crippen molar-refractivity contribution in [3.05, 3.63) is 0 Å². The minimum absolute atomic E-state index is 0.171. The molecule has 0 spiro atoms. The zero-order valence-corrected chi connectivity index (χ0v) is 7.01. The maximum absolute atomic E-state index is 8.99. The second-order valence-corrected chi connectivity index (χ2v) is 3.31. The van der Waals surface area contributed by atoms with Crippen LogP contribution in [0.2, 0.25) is 0 Å². The molecule has 0 rings (SSSR count). The number of aliphatic hydroxyl groups is 2. The highest BCUT2D eigenvalue weighted by Crippen LogP contribution is 2.17. The van der Waals surface area contributed by atoms with Crippen molar-refractivity contribution in [3.63, 3.8) is 0 Å². The lowest BCUT2D eigenvalue weighted by Gasteiger charge is -2.29. The molecule has 0 aromatic carbocycles. The predicted molar refractivity (Wildman–Crippen MR) is 38.3 cm³/mol. The van der Waals surface area contributed by atoms with E-state index in [2.05, 4.69) is 0 Å². The average Bonchev–Trinajstić information content (AvgIpc) is 1.60. The van der Waals surface area contributed by atoms with Gasteiger partial charge >= 0.3 is 0 Å². The van der Waals surface area contributed by atoms with Crippen LogP contribution in [-0.4, -0.2) is 21.8 Å². The summed E-state index contributed by atoms with van der Waals surface area (Å²) in [5, 5.41) is 18.0. The van der Waals surface area contributed by atoms with Gasteiger partial charge in [-0.15, -0.1) is 0 Å². The second-order valence-electron chi connectivity index (χ2n) is 3.31. The monoisotopic (exact) mass is 148 g/mol. The number of hydrogen-bond donors (Lipinski definition) is 2. The Morgan fingerprint density at radius 1 is 1.20 bits per heavy atom. The average molecular weight is 148 g/mol. The molecule has 0 atom stereocenters. The molecule has 10 heavy (non-hydrogen) atoms. The standard InChI is InChI=1S/C7H16O3/c1-5-7(8,9)10-6(2,3)4/h8-9H,5H2,1-4H3. The minimum atomic E-state index is -1.97. The van der Waals surface area contributed by atoms with E-state index in [1.807, 2.05) is 0 Å². The first-order chi connectivity index (χ1) is 4.27. The van der Waals surface area contributed by atoms with Crippen molar-refractivity contribution in [1.82, 2.24) is 0 Å². The van der Waals surface area contributed by atoms with Gasteiger partial charge in [0.15, 0.2) is 0 Å². The van der Waals surface area contributed by atoms with Gasteiger partial charge in [0.1, 0.15) is 0 Å². The molecule has 0 aliphatic rings. The van der Waals surface area contributed by atoms with E-state index in [4.69, 9.17) is 14.9 Å². The van der Waals surface area contributed by atoms with Crippen LogP contribution in [0.25, 0.3) is 0 Å². The van der Waals surface area contributed by atoms with Gasteiger partial charge in [-0.1, -0.05) is 6.92 Å². The highest BCUT2D eigenvalue weighted by Gasteiger charge is 2.27. The number of hydrogen-bond acceptors (Lipinski definition) is 3. The molecule has 0 heterocycles. The Labute approximate surface area is 61.6 Å². The summed E-state index contributed by atoms with van der Waals surface area (Å²) in [5.74, 6) is -1.97. The van der Waals surface area contributed by atoms with E-state index >= 15 is 0 Å². The van der Waals surface area contributed by atoms with Crippen LogP contribution in [0.3, 0.4) is 0 Å². The van der Waals surface area contributed by atoms with E-state index in [9.17, 15) is 0 Å². The Morgan fingerprint density at radius 2 is 1.60 bits per heavy atom. The van der Waals surface area contributed by atoms with Crippen molar-refractivity contribution in [2.45, 2.75) is 45.7 Å². The molecule has 3 nitrogen and oxygen atoms in total. The van der Waals surface area contributed by atoms with E-state index in [-0.39, 0.29) is 6.42 Å². The number of ether oxygens (including phenoxy) is 1. The SMILES string of the molecule is CCC(O)(O)OC(C)(C)C. The lowest BCUT2D eigenvalue weighted by Crippen LogP contribution is -2.39. The first-order valence-electron chi connectivity index (χ1n) is 3.42. The highest BCUT2D eigenvalue weighted by atomic mass is 16.8. The molecule has 0 amide bonds. The molecule has 2 N–H and O–H groups in total.